The molecule has 1 aromatic carbocycles. The minimum absolute atomic E-state index is 0. The zero-order valence-electron chi connectivity index (χ0n) is 10.1. The van der Waals surface area contributed by atoms with Gasteiger partial charge in [0, 0.05) is 6.04 Å². The zero-order chi connectivity index (χ0) is 10.7. The summed E-state index contributed by atoms with van der Waals surface area (Å²) in [6.07, 6.45) is 1.06. The van der Waals surface area contributed by atoms with Crippen molar-refractivity contribution >= 4 is 12.4 Å². The second kappa shape index (κ2) is 6.14. The van der Waals surface area contributed by atoms with Gasteiger partial charge < -0.3 is 5.73 Å². The van der Waals surface area contributed by atoms with E-state index >= 15 is 0 Å². The van der Waals surface area contributed by atoms with Gasteiger partial charge in [-0.25, -0.2) is 0 Å². The first kappa shape index (κ1) is 14.5. The number of hydrogen-bond acceptors (Lipinski definition) is 1. The first-order valence-electron chi connectivity index (χ1n) is 5.33. The van der Waals surface area contributed by atoms with Crippen LogP contribution >= 0.6 is 12.4 Å². The summed E-state index contributed by atoms with van der Waals surface area (Å²) in [6, 6.07) is 6.70. The summed E-state index contributed by atoms with van der Waals surface area (Å²) >= 11 is 0. The highest BCUT2D eigenvalue weighted by molar-refractivity contribution is 5.85. The Balaban J connectivity index is 0.00000196. The van der Waals surface area contributed by atoms with Gasteiger partial charge in [0.05, 0.1) is 0 Å². The minimum Gasteiger partial charge on any atom is -0.324 e. The van der Waals surface area contributed by atoms with Crippen molar-refractivity contribution in [2.24, 2.45) is 11.7 Å². The predicted octanol–water partition coefficient (Wildman–Crippen LogP) is 3.77. The zero-order valence-corrected chi connectivity index (χ0v) is 10.9. The number of rotatable bonds is 3. The Kier molecular flexibility index (Phi) is 5.92. The predicted molar refractivity (Wildman–Crippen MR) is 69.5 cm³/mol. The monoisotopic (exact) mass is 227 g/mol. The van der Waals surface area contributed by atoms with Gasteiger partial charge in [-0.15, -0.1) is 12.4 Å². The van der Waals surface area contributed by atoms with Crippen molar-refractivity contribution in [1.29, 1.82) is 0 Å². The first-order valence-corrected chi connectivity index (χ1v) is 5.33. The smallest absolute Gasteiger partial charge is 0.0299 e. The molecule has 1 atom stereocenters. The largest absolute Gasteiger partial charge is 0.324 e. The number of hydrogen-bond donors (Lipinski definition) is 1. The Bertz CT molecular complexity index is 307. The van der Waals surface area contributed by atoms with Crippen LogP contribution in [0.1, 0.15) is 43.0 Å². The molecular weight excluding hydrogens is 206 g/mol. The molecule has 0 radical (unpaired) electrons. The van der Waals surface area contributed by atoms with Gasteiger partial charge in [-0.1, -0.05) is 37.6 Å². The molecule has 0 spiro atoms. The Morgan fingerprint density at radius 2 is 1.80 bits per heavy atom. The fourth-order valence-electron chi connectivity index (χ4n) is 1.88. The summed E-state index contributed by atoms with van der Waals surface area (Å²) in [5.41, 5.74) is 10.1. The van der Waals surface area contributed by atoms with E-state index in [4.69, 9.17) is 5.73 Å². The average Bonchev–Trinajstić information content (AvgIpc) is 2.01. The highest BCUT2D eigenvalue weighted by atomic mass is 35.5. The molecule has 1 aromatic rings. The van der Waals surface area contributed by atoms with Gasteiger partial charge in [-0.2, -0.15) is 0 Å². The average molecular weight is 228 g/mol. The van der Waals surface area contributed by atoms with E-state index in [1.54, 1.807) is 0 Å². The van der Waals surface area contributed by atoms with E-state index in [1.165, 1.54) is 16.7 Å². The molecule has 0 aliphatic heterocycles. The Labute approximate surface area is 99.5 Å². The molecule has 0 heterocycles. The van der Waals surface area contributed by atoms with Crippen molar-refractivity contribution in [1.82, 2.24) is 0 Å². The maximum atomic E-state index is 6.15. The molecule has 0 saturated heterocycles. The lowest BCUT2D eigenvalue weighted by molar-refractivity contribution is 0.508. The fraction of sp³-hybridized carbons (Fsp3) is 0.538. The van der Waals surface area contributed by atoms with Crippen LogP contribution in [0.5, 0.6) is 0 Å². The molecule has 1 rings (SSSR count). The number of benzene rings is 1. The third-order valence-corrected chi connectivity index (χ3v) is 2.55. The Morgan fingerprint density at radius 3 is 2.27 bits per heavy atom. The van der Waals surface area contributed by atoms with Gasteiger partial charge in [0.2, 0.25) is 0 Å². The van der Waals surface area contributed by atoms with Crippen molar-refractivity contribution < 1.29 is 0 Å². The molecule has 0 fully saturated rings. The van der Waals surface area contributed by atoms with Gasteiger partial charge in [0.1, 0.15) is 0 Å². The summed E-state index contributed by atoms with van der Waals surface area (Å²) in [5.74, 6) is 0.658. The second-order valence-electron chi connectivity index (χ2n) is 4.60. The normalized spacial score (nSPS) is 12.4. The van der Waals surface area contributed by atoms with Crippen LogP contribution in [0.15, 0.2) is 18.2 Å². The van der Waals surface area contributed by atoms with Crippen LogP contribution in [0, 0.1) is 19.8 Å². The molecule has 0 aliphatic rings. The van der Waals surface area contributed by atoms with Crippen LogP contribution < -0.4 is 5.73 Å². The van der Waals surface area contributed by atoms with Crippen LogP contribution in [0.2, 0.25) is 0 Å². The van der Waals surface area contributed by atoms with Gasteiger partial charge in [-0.3, -0.25) is 0 Å². The molecule has 2 heteroatoms. The highest BCUT2D eigenvalue weighted by Gasteiger charge is 2.10. The highest BCUT2D eigenvalue weighted by Crippen LogP contribution is 2.22. The summed E-state index contributed by atoms with van der Waals surface area (Å²) in [7, 11) is 0. The Hall–Kier alpha value is -0.530. The van der Waals surface area contributed by atoms with Crippen molar-refractivity contribution in [2.75, 3.05) is 0 Å². The molecule has 0 aromatic heterocycles. The molecule has 86 valence electrons. The summed E-state index contributed by atoms with van der Waals surface area (Å²) in [6.45, 7) is 8.68. The molecule has 0 bridgehead atoms. The van der Waals surface area contributed by atoms with Gasteiger partial charge >= 0.3 is 0 Å². The SMILES string of the molecule is Cc1ccc([C@@H](N)CC(C)C)c(C)c1.Cl. The topological polar surface area (TPSA) is 26.0 Å². The molecule has 2 N–H and O–H groups in total. The van der Waals surface area contributed by atoms with E-state index in [0.29, 0.717) is 5.92 Å². The lowest BCUT2D eigenvalue weighted by atomic mass is 9.94. The standard InChI is InChI=1S/C13H21N.ClH/c1-9(2)7-13(14)12-6-5-10(3)8-11(12)4;/h5-6,8-9,13H,7,14H2,1-4H3;1H/t13-;/m0./s1. The third-order valence-electron chi connectivity index (χ3n) is 2.55. The molecule has 15 heavy (non-hydrogen) atoms. The van der Waals surface area contributed by atoms with Crippen LogP contribution in [0.3, 0.4) is 0 Å². The van der Waals surface area contributed by atoms with E-state index in [1.807, 2.05) is 0 Å². The maximum Gasteiger partial charge on any atom is 0.0299 e. The first-order chi connectivity index (χ1) is 6.50. The van der Waals surface area contributed by atoms with Crippen molar-refractivity contribution in [3.8, 4) is 0 Å². The van der Waals surface area contributed by atoms with E-state index in [-0.39, 0.29) is 18.4 Å². The number of halogens is 1. The lowest BCUT2D eigenvalue weighted by Crippen LogP contribution is -2.14. The van der Waals surface area contributed by atoms with Crippen molar-refractivity contribution in [3.05, 3.63) is 34.9 Å². The van der Waals surface area contributed by atoms with Crippen LogP contribution in [0.25, 0.3) is 0 Å². The van der Waals surface area contributed by atoms with Crippen molar-refractivity contribution in [3.63, 3.8) is 0 Å². The molecule has 0 saturated carbocycles. The van der Waals surface area contributed by atoms with Gasteiger partial charge in [0.25, 0.3) is 0 Å². The molecular formula is C13H22ClN. The van der Waals surface area contributed by atoms with Crippen LogP contribution in [-0.2, 0) is 0 Å². The lowest BCUT2D eigenvalue weighted by Gasteiger charge is -2.17. The molecule has 0 amide bonds. The summed E-state index contributed by atoms with van der Waals surface area (Å²) < 4.78 is 0. The number of aryl methyl sites for hydroxylation is 2. The molecule has 0 aliphatic carbocycles. The van der Waals surface area contributed by atoms with Crippen LogP contribution in [0.4, 0.5) is 0 Å². The fourth-order valence-corrected chi connectivity index (χ4v) is 1.88. The molecule has 1 nitrogen and oxygen atoms in total. The van der Waals surface area contributed by atoms with Crippen LogP contribution in [-0.4, -0.2) is 0 Å². The number of nitrogens with two attached hydrogens (primary N) is 1. The second-order valence-corrected chi connectivity index (χ2v) is 4.60. The van der Waals surface area contributed by atoms with Crippen molar-refractivity contribution in [2.45, 2.75) is 40.2 Å². The van der Waals surface area contributed by atoms with E-state index in [9.17, 15) is 0 Å². The van der Waals surface area contributed by atoms with Gasteiger partial charge in [-0.05, 0) is 37.3 Å². The summed E-state index contributed by atoms with van der Waals surface area (Å²) in [4.78, 5) is 0. The van der Waals surface area contributed by atoms with E-state index < -0.39 is 0 Å². The summed E-state index contributed by atoms with van der Waals surface area (Å²) in [5, 5.41) is 0. The Morgan fingerprint density at radius 1 is 1.20 bits per heavy atom. The quantitative estimate of drug-likeness (QED) is 0.836. The minimum atomic E-state index is 0. The maximum absolute atomic E-state index is 6.15. The van der Waals surface area contributed by atoms with Gasteiger partial charge in [0.15, 0.2) is 0 Å². The van der Waals surface area contributed by atoms with E-state index in [0.717, 1.165) is 6.42 Å². The third kappa shape index (κ3) is 4.23. The molecule has 0 unspecified atom stereocenters. The van der Waals surface area contributed by atoms with E-state index in [2.05, 4.69) is 45.9 Å².